The third-order valence-corrected chi connectivity index (χ3v) is 16.0. The molecule has 0 spiro atoms. The summed E-state index contributed by atoms with van der Waals surface area (Å²) in [5.41, 5.74) is 0. The highest BCUT2D eigenvalue weighted by Crippen LogP contribution is 2.39. The van der Waals surface area contributed by atoms with Gasteiger partial charge in [-0.25, -0.2) is 4.79 Å². The molecule has 0 saturated carbocycles. The fourth-order valence-corrected chi connectivity index (χ4v) is 11.5. The van der Waals surface area contributed by atoms with Gasteiger partial charge >= 0.3 is 18.0 Å². The molecule has 2 heterocycles. The highest BCUT2D eigenvalue weighted by Gasteiger charge is 2.42. The summed E-state index contributed by atoms with van der Waals surface area (Å²) in [6.07, 6.45) is 36.4. The average Bonchev–Trinajstić information content (AvgIpc) is 3.90. The van der Waals surface area contributed by atoms with Crippen LogP contribution in [0, 0.1) is 0 Å². The quantitative estimate of drug-likeness (QED) is 0.0226. The maximum absolute atomic E-state index is 12.8. The number of esters is 2. The molecule has 0 aromatic heterocycles. The summed E-state index contributed by atoms with van der Waals surface area (Å²) in [5.74, 6) is 0.0469. The molecule has 2 saturated heterocycles. The second kappa shape index (κ2) is 45.2. The van der Waals surface area contributed by atoms with Crippen LogP contribution >= 0.6 is 19.6 Å². The molecule has 16 heteroatoms. The first kappa shape index (κ1) is 66.8. The SMILES string of the molecule is C.CCCCCCCCCCCCCCCC(=O)OCC(COP(=O)([O-])OCCCC(=O)CCCCCNC(=O)CCCCC1SC[C@@H]2NC(=O)N[C@H]12)OC(=O)CCCCCCCCCCCCCCC. The minimum Gasteiger partial charge on any atom is -0.756 e. The van der Waals surface area contributed by atoms with E-state index in [2.05, 4.69) is 29.8 Å². The van der Waals surface area contributed by atoms with Gasteiger partial charge in [-0.05, 0) is 44.9 Å². The van der Waals surface area contributed by atoms with Crippen molar-refractivity contribution in [2.24, 2.45) is 0 Å². The van der Waals surface area contributed by atoms with Gasteiger partial charge in [0.15, 0.2) is 6.10 Å². The molecule has 5 atom stereocenters. The highest BCUT2D eigenvalue weighted by atomic mass is 32.2. The van der Waals surface area contributed by atoms with Gasteiger partial charge in [-0.1, -0.05) is 188 Å². The summed E-state index contributed by atoms with van der Waals surface area (Å²) in [6, 6.07) is 0.313. The number of hydrogen-bond donors (Lipinski definition) is 3. The number of urea groups is 1. The van der Waals surface area contributed by atoms with Crippen molar-refractivity contribution in [2.75, 3.05) is 32.1 Å². The van der Waals surface area contributed by atoms with Crippen molar-refractivity contribution >= 4 is 49.2 Å². The van der Waals surface area contributed by atoms with E-state index in [-0.39, 0.29) is 76.1 Å². The molecular weight excluding hydrogens is 942 g/mol. The van der Waals surface area contributed by atoms with E-state index in [0.29, 0.717) is 43.9 Å². The van der Waals surface area contributed by atoms with Gasteiger partial charge in [0.25, 0.3) is 7.82 Å². The molecule has 2 aliphatic heterocycles. The molecule has 71 heavy (non-hydrogen) atoms. The molecule has 416 valence electrons. The normalized spacial score (nSPS) is 17.4. The van der Waals surface area contributed by atoms with Crippen molar-refractivity contribution in [1.82, 2.24) is 16.0 Å². The molecular formula is C55H103N3O11PS-. The molecule has 14 nitrogen and oxygen atoms in total. The lowest BCUT2D eigenvalue weighted by Crippen LogP contribution is -2.36. The molecule has 0 aromatic carbocycles. The lowest BCUT2D eigenvalue weighted by Gasteiger charge is -2.25. The van der Waals surface area contributed by atoms with Crippen LogP contribution in [0.4, 0.5) is 4.79 Å². The maximum atomic E-state index is 12.8. The zero-order valence-electron chi connectivity index (χ0n) is 44.1. The molecule has 3 amide bonds. The summed E-state index contributed by atoms with van der Waals surface area (Å²) in [7, 11) is -4.80. The van der Waals surface area contributed by atoms with Crippen molar-refractivity contribution in [1.29, 1.82) is 0 Å². The van der Waals surface area contributed by atoms with Gasteiger partial charge in [-0.2, -0.15) is 11.8 Å². The van der Waals surface area contributed by atoms with Crippen LogP contribution in [0.2, 0.25) is 0 Å². The zero-order valence-corrected chi connectivity index (χ0v) is 45.8. The van der Waals surface area contributed by atoms with Crippen molar-refractivity contribution in [3.63, 3.8) is 0 Å². The van der Waals surface area contributed by atoms with Crippen LogP contribution in [-0.2, 0) is 42.3 Å². The Labute approximate surface area is 436 Å². The number of nitrogens with one attached hydrogen (secondary N) is 3. The fraction of sp³-hybridized carbons (Fsp3) is 0.909. The van der Waals surface area contributed by atoms with Gasteiger partial charge in [0.1, 0.15) is 12.4 Å². The van der Waals surface area contributed by atoms with Crippen LogP contribution in [-0.4, -0.2) is 85.2 Å². The number of phosphoric ester groups is 1. The van der Waals surface area contributed by atoms with Gasteiger partial charge in [-0.3, -0.25) is 23.7 Å². The number of thioether (sulfide) groups is 1. The largest absolute Gasteiger partial charge is 0.756 e. The maximum Gasteiger partial charge on any atom is 0.315 e. The summed E-state index contributed by atoms with van der Waals surface area (Å²) < 4.78 is 33.8. The number of ketones is 1. The Bertz CT molecular complexity index is 1430. The number of unbranched alkanes of at least 4 members (excludes halogenated alkanes) is 27. The first-order chi connectivity index (χ1) is 34.0. The van der Waals surface area contributed by atoms with Crippen LogP contribution in [0.15, 0.2) is 0 Å². The number of carbonyl (C=O) groups excluding carboxylic acids is 5. The fourth-order valence-electron chi connectivity index (χ4n) is 9.19. The molecule has 0 bridgehead atoms. The number of Topliss-reactive ketones (excluding diaryl/α,β-unsaturated/α-hetero) is 1. The minimum atomic E-state index is -4.80. The smallest absolute Gasteiger partial charge is 0.315 e. The third kappa shape index (κ3) is 38.1. The van der Waals surface area contributed by atoms with E-state index in [1.807, 2.05) is 11.8 Å². The Morgan fingerprint density at radius 3 is 1.65 bits per heavy atom. The van der Waals surface area contributed by atoms with Gasteiger partial charge in [0.2, 0.25) is 5.91 Å². The lowest BCUT2D eigenvalue weighted by molar-refractivity contribution is -0.228. The molecule has 2 rings (SSSR count). The number of phosphoric acid groups is 1. The Morgan fingerprint density at radius 1 is 0.606 bits per heavy atom. The van der Waals surface area contributed by atoms with Crippen LogP contribution in [0.1, 0.15) is 265 Å². The predicted octanol–water partition coefficient (Wildman–Crippen LogP) is 13.3. The van der Waals surface area contributed by atoms with Crippen molar-refractivity contribution in [2.45, 2.75) is 289 Å². The minimum absolute atomic E-state index is 0. The summed E-state index contributed by atoms with van der Waals surface area (Å²) in [6.45, 7) is 3.95. The van der Waals surface area contributed by atoms with E-state index in [0.717, 1.165) is 76.4 Å². The standard InChI is InChI=1S/C54H100N3O11PS.CH4/c1-3-5-7-9-11-13-15-17-19-21-23-25-29-39-51(60)65-43-47(68-52(61)40-30-26-24-22-20-18-16-14-12-10-8-6-4-2)44-67-69(63,64)66-42-34-36-46(58)35-28-27-33-41-55-50(59)38-32-31-37-49-53-48(45-70-49)56-54(62)57-53;/h47-49,53H,3-45H2,1-2H3,(H,55,59)(H,63,64)(H2,56,57,62);1H4/p-1/t47?,48-,49?,53-;/m0./s1. The van der Waals surface area contributed by atoms with Gasteiger partial charge in [-0.15, -0.1) is 0 Å². The number of hydrogen-bond acceptors (Lipinski definition) is 12. The Kier molecular flexibility index (Phi) is 42.6. The molecule has 0 aromatic rings. The van der Waals surface area contributed by atoms with E-state index in [9.17, 15) is 33.4 Å². The van der Waals surface area contributed by atoms with Crippen molar-refractivity contribution in [3.05, 3.63) is 0 Å². The van der Waals surface area contributed by atoms with Gasteiger partial charge in [0, 0.05) is 49.7 Å². The van der Waals surface area contributed by atoms with Crippen LogP contribution < -0.4 is 20.8 Å². The second-order valence-corrected chi connectivity index (χ2v) is 22.7. The molecule has 0 aliphatic carbocycles. The topological polar surface area (TPSA) is 198 Å². The summed E-state index contributed by atoms with van der Waals surface area (Å²) in [4.78, 5) is 74.4. The second-order valence-electron chi connectivity index (χ2n) is 20.0. The first-order valence-electron chi connectivity index (χ1n) is 28.4. The van der Waals surface area contributed by atoms with Crippen LogP contribution in [0.25, 0.3) is 0 Å². The molecule has 2 fully saturated rings. The Hall–Kier alpha value is -2.19. The zero-order chi connectivity index (χ0) is 50.8. The van der Waals surface area contributed by atoms with Gasteiger partial charge in [0.05, 0.1) is 25.3 Å². The summed E-state index contributed by atoms with van der Waals surface area (Å²) >= 11 is 1.88. The van der Waals surface area contributed by atoms with E-state index >= 15 is 0 Å². The van der Waals surface area contributed by atoms with E-state index in [4.69, 9.17) is 18.5 Å². The predicted molar refractivity (Wildman–Crippen MR) is 287 cm³/mol. The van der Waals surface area contributed by atoms with E-state index in [1.165, 1.54) is 116 Å². The van der Waals surface area contributed by atoms with Crippen molar-refractivity contribution in [3.8, 4) is 0 Å². The van der Waals surface area contributed by atoms with Crippen LogP contribution in [0.3, 0.4) is 0 Å². The van der Waals surface area contributed by atoms with E-state index in [1.54, 1.807) is 0 Å². The number of fused-ring (bicyclic) bond motifs is 1. The number of ether oxygens (including phenoxy) is 2. The van der Waals surface area contributed by atoms with Crippen LogP contribution in [0.5, 0.6) is 0 Å². The monoisotopic (exact) mass is 1040 g/mol. The molecule has 3 N–H and O–H groups in total. The van der Waals surface area contributed by atoms with Gasteiger partial charge < -0.3 is 39.4 Å². The highest BCUT2D eigenvalue weighted by molar-refractivity contribution is 8.00. The van der Waals surface area contributed by atoms with Crippen molar-refractivity contribution < 1.29 is 52.0 Å². The first-order valence-corrected chi connectivity index (χ1v) is 31.0. The number of amides is 3. The third-order valence-electron chi connectivity index (χ3n) is 13.5. The number of carbonyl (C=O) groups is 5. The Morgan fingerprint density at radius 2 is 1.08 bits per heavy atom. The summed E-state index contributed by atoms with van der Waals surface area (Å²) in [5, 5.41) is 9.30. The molecule has 0 radical (unpaired) electrons. The average molecular weight is 1050 g/mol. The Balaban J connectivity index is 0.0000252. The molecule has 2 aliphatic rings. The molecule has 3 unspecified atom stereocenters. The lowest BCUT2D eigenvalue weighted by atomic mass is 10.0. The van der Waals surface area contributed by atoms with E-state index < -0.39 is 32.5 Å². The number of rotatable bonds is 50.